The molecule has 27 heavy (non-hydrogen) atoms. The van der Waals surface area contributed by atoms with Crippen molar-refractivity contribution in [2.75, 3.05) is 0 Å². The summed E-state index contributed by atoms with van der Waals surface area (Å²) in [5.41, 5.74) is 1.16. The lowest BCUT2D eigenvalue weighted by Crippen LogP contribution is -1.99. The van der Waals surface area contributed by atoms with Gasteiger partial charge in [-0.3, -0.25) is 4.55 Å². The largest absolute Gasteiger partial charge is 0.506 e. The number of rotatable bonds is 11. The summed E-state index contributed by atoms with van der Waals surface area (Å²) in [4.78, 5) is -0.570. The van der Waals surface area contributed by atoms with Gasteiger partial charge in [0, 0.05) is 6.07 Å². The molecule has 5 nitrogen and oxygen atoms in total. The van der Waals surface area contributed by atoms with Gasteiger partial charge in [-0.15, -0.1) is 0 Å². The van der Waals surface area contributed by atoms with Gasteiger partial charge in [0.2, 0.25) is 0 Å². The van der Waals surface area contributed by atoms with Crippen molar-refractivity contribution in [2.24, 2.45) is 0 Å². The van der Waals surface area contributed by atoms with Crippen LogP contribution in [0.3, 0.4) is 0 Å². The summed E-state index contributed by atoms with van der Waals surface area (Å²) < 4.78 is 37.4. The minimum Gasteiger partial charge on any atom is -0.506 e. The molecule has 0 radical (unpaired) electrons. The number of hydrogen-bond acceptors (Lipinski definition) is 4. The van der Waals surface area contributed by atoms with E-state index < -0.39 is 20.8 Å². The summed E-state index contributed by atoms with van der Waals surface area (Å²) in [7, 11) is -4.51. The molecule has 2 rings (SSSR count). The van der Waals surface area contributed by atoms with E-state index in [0.29, 0.717) is 5.75 Å². The van der Waals surface area contributed by atoms with Crippen LogP contribution in [-0.2, 0) is 16.5 Å². The number of phenols is 1. The molecule has 0 amide bonds. The first-order valence-corrected chi connectivity index (χ1v) is 10.9. The van der Waals surface area contributed by atoms with E-state index in [2.05, 4.69) is 6.92 Å². The molecule has 2 N–H and O–H groups in total. The van der Waals surface area contributed by atoms with Gasteiger partial charge in [0.15, 0.2) is 0 Å². The van der Waals surface area contributed by atoms with Crippen LogP contribution in [0.25, 0.3) is 0 Å². The molecule has 0 aliphatic heterocycles. The van der Waals surface area contributed by atoms with Gasteiger partial charge >= 0.3 is 0 Å². The third-order valence-corrected chi connectivity index (χ3v) is 5.30. The molecule has 148 valence electrons. The fourth-order valence-electron chi connectivity index (χ4n) is 2.95. The van der Waals surface area contributed by atoms with E-state index in [0.717, 1.165) is 24.5 Å². The van der Waals surface area contributed by atoms with Crippen LogP contribution in [0.15, 0.2) is 47.4 Å². The Kier molecular flexibility index (Phi) is 8.13. The molecule has 2 aromatic rings. The van der Waals surface area contributed by atoms with Crippen LogP contribution in [0.1, 0.15) is 57.4 Å². The highest BCUT2D eigenvalue weighted by Gasteiger charge is 2.16. The van der Waals surface area contributed by atoms with Crippen molar-refractivity contribution >= 4 is 10.1 Å². The van der Waals surface area contributed by atoms with Crippen LogP contribution in [-0.4, -0.2) is 18.1 Å². The van der Waals surface area contributed by atoms with E-state index in [1.807, 2.05) is 18.2 Å². The zero-order valence-corrected chi connectivity index (χ0v) is 16.5. The first-order valence-electron chi connectivity index (χ1n) is 9.47. The second kappa shape index (κ2) is 10.3. The third kappa shape index (κ3) is 7.23. The lowest BCUT2D eigenvalue weighted by Gasteiger charge is -2.09. The van der Waals surface area contributed by atoms with Crippen molar-refractivity contribution < 1.29 is 22.8 Å². The Labute approximate surface area is 161 Å². The van der Waals surface area contributed by atoms with Crippen LogP contribution in [0.5, 0.6) is 17.2 Å². The average Bonchev–Trinajstić information content (AvgIpc) is 2.62. The van der Waals surface area contributed by atoms with Gasteiger partial charge in [-0.2, -0.15) is 8.42 Å². The van der Waals surface area contributed by atoms with Crippen LogP contribution < -0.4 is 4.74 Å². The maximum absolute atomic E-state index is 11.3. The second-order valence-corrected chi connectivity index (χ2v) is 8.12. The van der Waals surface area contributed by atoms with Crippen LogP contribution in [0.2, 0.25) is 0 Å². The minimum atomic E-state index is -4.51. The zero-order chi connectivity index (χ0) is 19.7. The molecule has 0 fully saturated rings. The molecule has 2 aromatic carbocycles. The number of hydrogen-bond donors (Lipinski definition) is 2. The third-order valence-electron chi connectivity index (χ3n) is 4.41. The Morgan fingerprint density at radius 1 is 0.889 bits per heavy atom. The smallest absolute Gasteiger partial charge is 0.298 e. The SMILES string of the molecule is CCCCCCCCCc1cccc(Oc2ccc(O)c(S(=O)(=O)O)c2)c1. The summed E-state index contributed by atoms with van der Waals surface area (Å²) in [6, 6.07) is 11.4. The fourth-order valence-corrected chi connectivity index (χ4v) is 3.55. The van der Waals surface area contributed by atoms with Gasteiger partial charge in [-0.05, 0) is 42.7 Å². The fraction of sp³-hybridized carbons (Fsp3) is 0.429. The first kappa shape index (κ1) is 21.3. The number of aryl methyl sites for hydroxylation is 1. The average molecular weight is 393 g/mol. The summed E-state index contributed by atoms with van der Waals surface area (Å²) >= 11 is 0. The topological polar surface area (TPSA) is 83.8 Å². The van der Waals surface area contributed by atoms with Crippen molar-refractivity contribution in [1.29, 1.82) is 0 Å². The molecule has 0 spiro atoms. The molecule has 0 unspecified atom stereocenters. The van der Waals surface area contributed by atoms with Crippen LogP contribution in [0.4, 0.5) is 0 Å². The van der Waals surface area contributed by atoms with E-state index in [1.165, 1.54) is 50.7 Å². The van der Waals surface area contributed by atoms with E-state index in [9.17, 15) is 13.5 Å². The van der Waals surface area contributed by atoms with Crippen molar-refractivity contribution in [3.05, 3.63) is 48.0 Å². The molecule has 0 saturated heterocycles. The summed E-state index contributed by atoms with van der Waals surface area (Å²) in [6.45, 7) is 2.22. The number of ether oxygens (including phenoxy) is 1. The summed E-state index contributed by atoms with van der Waals surface area (Å²) in [5.74, 6) is 0.299. The zero-order valence-electron chi connectivity index (χ0n) is 15.7. The Hall–Kier alpha value is -2.05. The van der Waals surface area contributed by atoms with Gasteiger partial charge in [0.25, 0.3) is 10.1 Å². The quantitative estimate of drug-likeness (QED) is 0.377. The van der Waals surface area contributed by atoms with E-state index in [-0.39, 0.29) is 5.75 Å². The normalized spacial score (nSPS) is 11.5. The lowest BCUT2D eigenvalue weighted by atomic mass is 10.0. The number of benzene rings is 2. The van der Waals surface area contributed by atoms with E-state index >= 15 is 0 Å². The molecular formula is C21H28O5S. The monoisotopic (exact) mass is 392 g/mol. The maximum Gasteiger partial charge on any atom is 0.298 e. The van der Waals surface area contributed by atoms with Crippen molar-refractivity contribution in [3.63, 3.8) is 0 Å². The van der Waals surface area contributed by atoms with E-state index in [4.69, 9.17) is 9.29 Å². The maximum atomic E-state index is 11.3. The molecule has 0 saturated carbocycles. The molecule has 0 bridgehead atoms. The Morgan fingerprint density at radius 2 is 1.56 bits per heavy atom. The molecule has 0 aromatic heterocycles. The molecule has 0 aliphatic carbocycles. The van der Waals surface area contributed by atoms with Gasteiger partial charge in [-0.25, -0.2) is 0 Å². The van der Waals surface area contributed by atoms with Crippen molar-refractivity contribution in [3.8, 4) is 17.2 Å². The predicted octanol–water partition coefficient (Wildman–Crippen LogP) is 5.72. The Bertz CT molecular complexity index is 830. The lowest BCUT2D eigenvalue weighted by molar-refractivity contribution is 0.435. The molecule has 0 heterocycles. The standard InChI is InChI=1S/C21H28O5S/c1-2-3-4-5-6-7-8-10-17-11-9-12-18(15-17)26-19-13-14-20(22)21(16-19)27(23,24)25/h9,11-16,22H,2-8,10H2,1H3,(H,23,24,25). The summed E-state index contributed by atoms with van der Waals surface area (Å²) in [5, 5.41) is 9.57. The summed E-state index contributed by atoms with van der Waals surface area (Å²) in [6.07, 6.45) is 9.77. The predicted molar refractivity (Wildman–Crippen MR) is 106 cm³/mol. The van der Waals surface area contributed by atoms with Crippen LogP contribution in [0, 0.1) is 0 Å². The van der Waals surface area contributed by atoms with Gasteiger partial charge in [-0.1, -0.05) is 57.6 Å². The molecular weight excluding hydrogens is 364 g/mol. The minimum absolute atomic E-state index is 0.230. The van der Waals surface area contributed by atoms with E-state index in [1.54, 1.807) is 6.07 Å². The van der Waals surface area contributed by atoms with Crippen LogP contribution >= 0.6 is 0 Å². The molecule has 6 heteroatoms. The second-order valence-electron chi connectivity index (χ2n) is 6.73. The highest BCUT2D eigenvalue weighted by molar-refractivity contribution is 7.86. The highest BCUT2D eigenvalue weighted by atomic mass is 32.2. The van der Waals surface area contributed by atoms with Crippen molar-refractivity contribution in [2.45, 2.75) is 63.2 Å². The first-order chi connectivity index (χ1) is 12.9. The Balaban J connectivity index is 1.92. The number of unbranched alkanes of at least 4 members (excludes halogenated alkanes) is 6. The highest BCUT2D eigenvalue weighted by Crippen LogP contribution is 2.30. The van der Waals surface area contributed by atoms with Gasteiger partial charge < -0.3 is 9.84 Å². The molecule has 0 aliphatic rings. The van der Waals surface area contributed by atoms with Gasteiger partial charge in [0.1, 0.15) is 22.1 Å². The van der Waals surface area contributed by atoms with Crippen molar-refractivity contribution in [1.82, 2.24) is 0 Å². The molecule has 0 atom stereocenters. The van der Waals surface area contributed by atoms with Gasteiger partial charge in [0.05, 0.1) is 0 Å². The Morgan fingerprint density at radius 3 is 2.26 bits per heavy atom. The number of phenolic OH excluding ortho intramolecular Hbond substituents is 1. The number of aromatic hydroxyl groups is 1.